The van der Waals surface area contributed by atoms with Crippen LogP contribution < -0.4 is 10.6 Å². The molecule has 164 valence electrons. The molecule has 1 fully saturated rings. The summed E-state index contributed by atoms with van der Waals surface area (Å²) >= 11 is 0. The first kappa shape index (κ1) is 21.9. The van der Waals surface area contributed by atoms with E-state index in [0.717, 1.165) is 4.90 Å². The van der Waals surface area contributed by atoms with E-state index in [1.807, 2.05) is 0 Å². The molecule has 0 bridgehead atoms. The number of imide groups is 1. The molecule has 8 heteroatoms. The van der Waals surface area contributed by atoms with Crippen LogP contribution in [0.3, 0.4) is 0 Å². The first-order valence-electron chi connectivity index (χ1n) is 10.0. The van der Waals surface area contributed by atoms with Gasteiger partial charge in [-0.25, -0.2) is 18.5 Å². The standard InChI is InChI=1S/C24H20F2NO4P/c25-18-6-10-20(11-7-18)32(30,21-12-8-19(26)9-13-21)22(17-4-2-1-3-5-17)16-23(28)27-14-15-31-24(27)29/h1-13,22H,14-16H2/t22-/m0/s1. The Labute approximate surface area is 184 Å². The van der Waals surface area contributed by atoms with E-state index in [0.29, 0.717) is 16.2 Å². The van der Waals surface area contributed by atoms with Gasteiger partial charge in [-0.3, -0.25) is 4.79 Å². The van der Waals surface area contributed by atoms with E-state index in [1.165, 1.54) is 48.5 Å². The summed E-state index contributed by atoms with van der Waals surface area (Å²) < 4.78 is 47.0. The first-order valence-corrected chi connectivity index (χ1v) is 11.8. The third kappa shape index (κ3) is 4.21. The number of ether oxygens (including phenoxy) is 1. The van der Waals surface area contributed by atoms with Gasteiger partial charge in [-0.05, 0) is 54.1 Å². The molecule has 0 unspecified atom stereocenters. The Kier molecular flexibility index (Phi) is 6.19. The van der Waals surface area contributed by atoms with E-state index < -0.39 is 36.4 Å². The van der Waals surface area contributed by atoms with Crippen molar-refractivity contribution in [1.82, 2.24) is 4.90 Å². The number of amides is 2. The maximum absolute atomic E-state index is 14.8. The molecule has 4 rings (SSSR count). The lowest BCUT2D eigenvalue weighted by Crippen LogP contribution is -2.34. The van der Waals surface area contributed by atoms with Crippen molar-refractivity contribution in [3.05, 3.63) is 96.1 Å². The van der Waals surface area contributed by atoms with Gasteiger partial charge in [0, 0.05) is 17.0 Å². The maximum atomic E-state index is 14.8. The Bertz CT molecular complexity index is 1120. The zero-order valence-electron chi connectivity index (χ0n) is 17.0. The fourth-order valence-corrected chi connectivity index (χ4v) is 7.07. The second-order valence-electron chi connectivity index (χ2n) is 7.40. The Morgan fingerprint density at radius 3 is 1.91 bits per heavy atom. The normalized spacial score (nSPS) is 14.8. The number of hydrogen-bond donors (Lipinski definition) is 0. The van der Waals surface area contributed by atoms with Gasteiger partial charge < -0.3 is 9.30 Å². The van der Waals surface area contributed by atoms with Gasteiger partial charge in [0.1, 0.15) is 18.2 Å². The molecule has 1 atom stereocenters. The summed E-state index contributed by atoms with van der Waals surface area (Å²) in [5, 5.41) is 0.660. The average molecular weight is 455 g/mol. The molecule has 0 aromatic heterocycles. The molecule has 1 heterocycles. The molecule has 0 N–H and O–H groups in total. The highest BCUT2D eigenvalue weighted by Gasteiger charge is 2.41. The molecule has 1 aliphatic rings. The number of carbonyl (C=O) groups is 2. The topological polar surface area (TPSA) is 63.7 Å². The van der Waals surface area contributed by atoms with Crippen LogP contribution >= 0.6 is 7.14 Å². The number of rotatable bonds is 6. The van der Waals surface area contributed by atoms with Crippen LogP contribution in [0.15, 0.2) is 78.9 Å². The highest BCUT2D eigenvalue weighted by molar-refractivity contribution is 7.79. The Hall–Kier alpha value is -3.31. The maximum Gasteiger partial charge on any atom is 0.416 e. The molecule has 5 nitrogen and oxygen atoms in total. The highest BCUT2D eigenvalue weighted by Crippen LogP contribution is 2.59. The summed E-state index contributed by atoms with van der Waals surface area (Å²) in [7, 11) is -3.64. The summed E-state index contributed by atoms with van der Waals surface area (Å²) in [4.78, 5) is 26.0. The summed E-state index contributed by atoms with van der Waals surface area (Å²) in [5.74, 6) is -1.51. The van der Waals surface area contributed by atoms with Crippen LogP contribution in [0, 0.1) is 11.6 Å². The Balaban J connectivity index is 1.87. The van der Waals surface area contributed by atoms with E-state index in [-0.39, 0.29) is 19.6 Å². The lowest BCUT2D eigenvalue weighted by atomic mass is 10.1. The fourth-order valence-electron chi connectivity index (χ4n) is 3.86. The molecule has 0 saturated carbocycles. The van der Waals surface area contributed by atoms with Crippen LogP contribution in [-0.4, -0.2) is 30.1 Å². The molecule has 1 saturated heterocycles. The van der Waals surface area contributed by atoms with Crippen molar-refractivity contribution in [3.63, 3.8) is 0 Å². The van der Waals surface area contributed by atoms with Gasteiger partial charge in [0.2, 0.25) is 5.91 Å². The van der Waals surface area contributed by atoms with Crippen LogP contribution in [0.2, 0.25) is 0 Å². The number of halogens is 2. The summed E-state index contributed by atoms with van der Waals surface area (Å²) in [6, 6.07) is 19.3. The molecular weight excluding hydrogens is 435 g/mol. The van der Waals surface area contributed by atoms with Crippen molar-refractivity contribution in [3.8, 4) is 0 Å². The zero-order chi connectivity index (χ0) is 22.7. The van der Waals surface area contributed by atoms with E-state index in [1.54, 1.807) is 30.3 Å². The summed E-state index contributed by atoms with van der Waals surface area (Å²) in [6.45, 7) is 0.227. The molecule has 2 amide bonds. The number of nitrogens with zero attached hydrogens (tertiary/aromatic N) is 1. The minimum Gasteiger partial charge on any atom is -0.447 e. The van der Waals surface area contributed by atoms with Gasteiger partial charge >= 0.3 is 6.09 Å². The van der Waals surface area contributed by atoms with E-state index in [9.17, 15) is 22.9 Å². The predicted octanol–water partition coefficient (Wildman–Crippen LogP) is 4.39. The molecule has 1 aliphatic heterocycles. The van der Waals surface area contributed by atoms with Crippen molar-refractivity contribution < 1.29 is 27.7 Å². The minimum absolute atomic E-state index is 0.105. The van der Waals surface area contributed by atoms with Gasteiger partial charge in [-0.2, -0.15) is 0 Å². The van der Waals surface area contributed by atoms with Gasteiger partial charge in [0.25, 0.3) is 0 Å². The largest absolute Gasteiger partial charge is 0.447 e. The van der Waals surface area contributed by atoms with Crippen molar-refractivity contribution >= 4 is 29.8 Å². The molecular formula is C24H20F2NO4P. The van der Waals surface area contributed by atoms with Gasteiger partial charge in [-0.15, -0.1) is 0 Å². The highest BCUT2D eigenvalue weighted by atomic mass is 31.2. The lowest BCUT2D eigenvalue weighted by molar-refractivity contribution is -0.127. The van der Waals surface area contributed by atoms with E-state index in [4.69, 9.17) is 4.74 Å². The van der Waals surface area contributed by atoms with Gasteiger partial charge in [0.05, 0.1) is 12.2 Å². The molecule has 0 aliphatic carbocycles. The predicted molar refractivity (Wildman–Crippen MR) is 117 cm³/mol. The number of benzene rings is 3. The molecule has 3 aromatic rings. The van der Waals surface area contributed by atoms with Crippen LogP contribution in [0.1, 0.15) is 17.6 Å². The molecule has 32 heavy (non-hydrogen) atoms. The van der Waals surface area contributed by atoms with Crippen molar-refractivity contribution in [2.24, 2.45) is 0 Å². The smallest absolute Gasteiger partial charge is 0.416 e. The van der Waals surface area contributed by atoms with E-state index in [2.05, 4.69) is 0 Å². The number of hydrogen-bond acceptors (Lipinski definition) is 4. The van der Waals surface area contributed by atoms with Crippen LogP contribution in [0.5, 0.6) is 0 Å². The molecule has 0 spiro atoms. The molecule has 0 radical (unpaired) electrons. The average Bonchev–Trinajstić information content (AvgIpc) is 3.24. The summed E-state index contributed by atoms with van der Waals surface area (Å²) in [6.07, 6.45) is -0.981. The van der Waals surface area contributed by atoms with Gasteiger partial charge in [-0.1, -0.05) is 30.3 Å². The second kappa shape index (κ2) is 9.05. The SMILES string of the molecule is O=C(C[C@@H](c1ccccc1)P(=O)(c1ccc(F)cc1)c1ccc(F)cc1)N1CCOC1=O. The third-order valence-electron chi connectivity index (χ3n) is 5.47. The summed E-state index contributed by atoms with van der Waals surface area (Å²) in [5.41, 5.74) is -0.245. The monoisotopic (exact) mass is 455 g/mol. The third-order valence-corrected chi connectivity index (χ3v) is 8.96. The quantitative estimate of drug-likeness (QED) is 0.518. The van der Waals surface area contributed by atoms with Crippen molar-refractivity contribution in [2.75, 3.05) is 13.2 Å². The van der Waals surface area contributed by atoms with Crippen LogP contribution in [0.25, 0.3) is 0 Å². The Morgan fingerprint density at radius 1 is 0.906 bits per heavy atom. The second-order valence-corrected chi connectivity index (χ2v) is 10.4. The number of carbonyl (C=O) groups excluding carboxylic acids is 2. The van der Waals surface area contributed by atoms with Crippen LogP contribution in [-0.2, 0) is 14.1 Å². The van der Waals surface area contributed by atoms with E-state index >= 15 is 0 Å². The van der Waals surface area contributed by atoms with Gasteiger partial charge in [0.15, 0.2) is 7.14 Å². The zero-order valence-corrected chi connectivity index (χ0v) is 17.9. The van der Waals surface area contributed by atoms with Crippen molar-refractivity contribution in [2.45, 2.75) is 12.1 Å². The minimum atomic E-state index is -3.64. The number of cyclic esters (lactones) is 1. The fraction of sp³-hybridized carbons (Fsp3) is 0.167. The van der Waals surface area contributed by atoms with Crippen LogP contribution in [0.4, 0.5) is 13.6 Å². The lowest BCUT2D eigenvalue weighted by Gasteiger charge is -2.29. The Morgan fingerprint density at radius 2 is 1.44 bits per heavy atom. The molecule has 3 aromatic carbocycles. The van der Waals surface area contributed by atoms with Crippen molar-refractivity contribution in [1.29, 1.82) is 0 Å². The first-order chi connectivity index (χ1) is 15.4.